The smallest absolute Gasteiger partial charge is 0.255 e. The molecule has 2 aromatic carbocycles. The average Bonchev–Trinajstić information content (AvgIpc) is 2.44. The summed E-state index contributed by atoms with van der Waals surface area (Å²) < 4.78 is 6.65. The third-order valence-electron chi connectivity index (χ3n) is 2.91. The summed E-state index contributed by atoms with van der Waals surface area (Å²) in [4.78, 5) is 12.3. The van der Waals surface area contributed by atoms with Crippen molar-refractivity contribution in [1.29, 1.82) is 0 Å². The molecule has 0 radical (unpaired) electrons. The van der Waals surface area contributed by atoms with Crippen LogP contribution in [0.3, 0.4) is 0 Å². The monoisotopic (exact) mass is 431 g/mol. The molecule has 0 spiro atoms. The highest BCUT2D eigenvalue weighted by Gasteiger charge is 2.12. The molecule has 21 heavy (non-hydrogen) atoms. The Morgan fingerprint density at radius 2 is 1.90 bits per heavy atom. The molecule has 0 aliphatic rings. The average molecular weight is 434 g/mol. The number of benzene rings is 2. The Morgan fingerprint density at radius 3 is 2.52 bits per heavy atom. The number of nitrogens with one attached hydrogen (secondary N) is 1. The van der Waals surface area contributed by atoms with Crippen molar-refractivity contribution in [3.63, 3.8) is 0 Å². The first-order valence-electron chi connectivity index (χ1n) is 6.03. The summed E-state index contributed by atoms with van der Waals surface area (Å²) in [6.07, 6.45) is 0. The quantitative estimate of drug-likeness (QED) is 0.701. The van der Waals surface area contributed by atoms with Gasteiger partial charge in [-0.1, -0.05) is 11.6 Å². The van der Waals surface area contributed by atoms with Crippen molar-refractivity contribution in [3.05, 3.63) is 55.4 Å². The number of methoxy groups -OCH3 is 1. The predicted octanol–water partition coefficient (Wildman–Crippen LogP) is 5.43. The van der Waals surface area contributed by atoms with Crippen molar-refractivity contribution in [2.24, 2.45) is 0 Å². The van der Waals surface area contributed by atoms with E-state index >= 15 is 0 Å². The van der Waals surface area contributed by atoms with Crippen LogP contribution in [0.5, 0.6) is 5.75 Å². The third kappa shape index (κ3) is 3.78. The Balaban J connectivity index is 2.26. The molecule has 1 amide bonds. The van der Waals surface area contributed by atoms with E-state index in [2.05, 4.69) is 37.2 Å². The van der Waals surface area contributed by atoms with E-state index in [9.17, 15) is 4.79 Å². The molecule has 0 aliphatic heterocycles. The lowest BCUT2D eigenvalue weighted by atomic mass is 10.2. The van der Waals surface area contributed by atoms with Gasteiger partial charge in [-0.05, 0) is 74.7 Å². The Bertz CT molecular complexity index is 704. The number of ether oxygens (including phenoxy) is 1. The van der Waals surface area contributed by atoms with E-state index in [0.29, 0.717) is 22.0 Å². The van der Waals surface area contributed by atoms with Crippen LogP contribution in [-0.2, 0) is 0 Å². The van der Waals surface area contributed by atoms with Crippen LogP contribution in [0.4, 0.5) is 5.69 Å². The molecule has 0 saturated heterocycles. The molecule has 0 saturated carbocycles. The van der Waals surface area contributed by atoms with Gasteiger partial charge in [0.15, 0.2) is 0 Å². The van der Waals surface area contributed by atoms with Crippen LogP contribution in [0.25, 0.3) is 0 Å². The zero-order valence-corrected chi connectivity index (χ0v) is 15.3. The number of rotatable bonds is 3. The Labute approximate surface area is 144 Å². The fourth-order valence-corrected chi connectivity index (χ4v) is 3.01. The molecule has 0 heterocycles. The van der Waals surface area contributed by atoms with Crippen LogP contribution in [-0.4, -0.2) is 13.0 Å². The van der Waals surface area contributed by atoms with E-state index in [1.807, 2.05) is 13.0 Å². The van der Waals surface area contributed by atoms with Crippen molar-refractivity contribution in [1.82, 2.24) is 0 Å². The Morgan fingerprint density at radius 1 is 1.19 bits per heavy atom. The second-order valence-electron chi connectivity index (χ2n) is 4.38. The Kier molecular flexibility index (Phi) is 5.30. The maximum absolute atomic E-state index is 12.3. The molecule has 2 aromatic rings. The number of amides is 1. The van der Waals surface area contributed by atoms with E-state index in [1.165, 1.54) is 0 Å². The molecular formula is C15H12Br2ClNO2. The zero-order chi connectivity index (χ0) is 15.6. The third-order valence-corrected chi connectivity index (χ3v) is 4.59. The molecule has 110 valence electrons. The summed E-state index contributed by atoms with van der Waals surface area (Å²) >= 11 is 12.9. The molecule has 0 bridgehead atoms. The molecule has 0 fully saturated rings. The van der Waals surface area contributed by atoms with Gasteiger partial charge in [-0.15, -0.1) is 0 Å². The Hall–Kier alpha value is -1.04. The van der Waals surface area contributed by atoms with Crippen LogP contribution >= 0.6 is 43.5 Å². The molecule has 6 heteroatoms. The van der Waals surface area contributed by atoms with Gasteiger partial charge in [0.1, 0.15) is 5.75 Å². The van der Waals surface area contributed by atoms with Crippen molar-refractivity contribution in [2.75, 3.05) is 12.4 Å². The van der Waals surface area contributed by atoms with Gasteiger partial charge in [0, 0.05) is 15.1 Å². The normalized spacial score (nSPS) is 10.3. The molecule has 0 unspecified atom stereocenters. The second kappa shape index (κ2) is 6.81. The number of hydrogen-bond donors (Lipinski definition) is 1. The highest BCUT2D eigenvalue weighted by Crippen LogP contribution is 2.30. The largest absolute Gasteiger partial charge is 0.496 e. The van der Waals surface area contributed by atoms with Gasteiger partial charge < -0.3 is 10.1 Å². The van der Waals surface area contributed by atoms with Crippen molar-refractivity contribution >= 4 is 55.1 Å². The second-order valence-corrected chi connectivity index (χ2v) is 6.50. The van der Waals surface area contributed by atoms with Gasteiger partial charge in [-0.3, -0.25) is 4.79 Å². The summed E-state index contributed by atoms with van der Waals surface area (Å²) in [6.45, 7) is 1.90. The van der Waals surface area contributed by atoms with E-state index in [0.717, 1.165) is 14.5 Å². The molecule has 2 rings (SSSR count). The summed E-state index contributed by atoms with van der Waals surface area (Å²) in [5.41, 5.74) is 2.09. The van der Waals surface area contributed by atoms with Crippen LogP contribution in [0.2, 0.25) is 5.02 Å². The lowest BCUT2D eigenvalue weighted by molar-refractivity contribution is 0.102. The molecule has 1 N–H and O–H groups in total. The first-order valence-corrected chi connectivity index (χ1v) is 7.99. The van der Waals surface area contributed by atoms with Gasteiger partial charge in [0.2, 0.25) is 0 Å². The predicted molar refractivity (Wildman–Crippen MR) is 92.5 cm³/mol. The minimum Gasteiger partial charge on any atom is -0.496 e. The van der Waals surface area contributed by atoms with Crippen molar-refractivity contribution < 1.29 is 9.53 Å². The fourth-order valence-electron chi connectivity index (χ4n) is 1.74. The van der Waals surface area contributed by atoms with Crippen LogP contribution in [0.1, 0.15) is 15.9 Å². The summed E-state index contributed by atoms with van der Waals surface area (Å²) in [6, 6.07) is 8.72. The molecule has 0 aliphatic carbocycles. The highest BCUT2D eigenvalue weighted by atomic mass is 79.9. The standard InChI is InChI=1S/C15H12Br2ClNO2/c1-8-5-10(16)13(7-12(8)18)19-15(20)9-3-4-14(21-2)11(17)6-9/h3-7H,1-2H3,(H,19,20). The molecule has 0 atom stereocenters. The van der Waals surface area contributed by atoms with Gasteiger partial charge in [-0.25, -0.2) is 0 Å². The van der Waals surface area contributed by atoms with Gasteiger partial charge in [0.25, 0.3) is 5.91 Å². The SMILES string of the molecule is COc1ccc(C(=O)Nc2cc(Cl)c(C)cc2Br)cc1Br. The van der Waals surface area contributed by atoms with Crippen molar-refractivity contribution in [2.45, 2.75) is 6.92 Å². The van der Waals surface area contributed by atoms with Gasteiger partial charge >= 0.3 is 0 Å². The summed E-state index contributed by atoms with van der Waals surface area (Å²) in [7, 11) is 1.57. The van der Waals surface area contributed by atoms with E-state index in [-0.39, 0.29) is 5.91 Å². The van der Waals surface area contributed by atoms with E-state index in [4.69, 9.17) is 16.3 Å². The summed E-state index contributed by atoms with van der Waals surface area (Å²) in [5, 5.41) is 3.43. The topological polar surface area (TPSA) is 38.3 Å². The minimum absolute atomic E-state index is 0.223. The minimum atomic E-state index is -0.223. The van der Waals surface area contributed by atoms with Gasteiger partial charge in [0.05, 0.1) is 17.3 Å². The maximum Gasteiger partial charge on any atom is 0.255 e. The lowest BCUT2D eigenvalue weighted by Gasteiger charge is -2.10. The van der Waals surface area contributed by atoms with Crippen LogP contribution in [0.15, 0.2) is 39.3 Å². The summed E-state index contributed by atoms with van der Waals surface area (Å²) in [5.74, 6) is 0.449. The molecule has 0 aromatic heterocycles. The number of halogens is 3. The molecular weight excluding hydrogens is 421 g/mol. The number of carbonyl (C=O) groups excluding carboxylic acids is 1. The number of carbonyl (C=O) groups is 1. The fraction of sp³-hybridized carbons (Fsp3) is 0.133. The first kappa shape index (κ1) is 16.3. The highest BCUT2D eigenvalue weighted by molar-refractivity contribution is 9.11. The maximum atomic E-state index is 12.3. The van der Waals surface area contributed by atoms with Crippen LogP contribution in [0, 0.1) is 6.92 Å². The first-order chi connectivity index (χ1) is 9.92. The van der Waals surface area contributed by atoms with Gasteiger partial charge in [-0.2, -0.15) is 0 Å². The number of hydrogen-bond acceptors (Lipinski definition) is 2. The van der Waals surface area contributed by atoms with Crippen LogP contribution < -0.4 is 10.1 Å². The van der Waals surface area contributed by atoms with E-state index in [1.54, 1.807) is 31.4 Å². The zero-order valence-electron chi connectivity index (χ0n) is 11.3. The van der Waals surface area contributed by atoms with Crippen molar-refractivity contribution in [3.8, 4) is 5.75 Å². The number of anilines is 1. The lowest BCUT2D eigenvalue weighted by Crippen LogP contribution is -2.12. The van der Waals surface area contributed by atoms with E-state index < -0.39 is 0 Å². The molecule has 3 nitrogen and oxygen atoms in total. The number of aryl methyl sites for hydroxylation is 1.